The van der Waals surface area contributed by atoms with E-state index in [2.05, 4.69) is 25.7 Å². The number of methoxy groups -OCH3 is 1. The summed E-state index contributed by atoms with van der Waals surface area (Å²) in [4.78, 5) is 0. The zero-order valence-corrected chi connectivity index (χ0v) is 10.1. The Morgan fingerprint density at radius 3 is 2.43 bits per heavy atom. The van der Waals surface area contributed by atoms with Gasteiger partial charge in [-0.05, 0) is 26.3 Å². The summed E-state index contributed by atoms with van der Waals surface area (Å²) in [6.07, 6.45) is 4.66. The summed E-state index contributed by atoms with van der Waals surface area (Å²) in [6.45, 7) is 8.38. The highest BCUT2D eigenvalue weighted by Gasteiger charge is 2.18. The number of likely N-dealkylation sites (N-methyl/N-ethyl adjacent to an activating group) is 1. The molecule has 0 aromatic rings. The van der Waals surface area contributed by atoms with E-state index in [-0.39, 0.29) is 0 Å². The quantitative estimate of drug-likeness (QED) is 0.607. The lowest BCUT2D eigenvalue weighted by Crippen LogP contribution is -2.39. The Labute approximate surface area is 88.7 Å². The monoisotopic (exact) mass is 199 g/mol. The normalized spacial score (nSPS) is 15.1. The van der Waals surface area contributed by atoms with Crippen LogP contribution < -0.4 is 5.32 Å². The first-order chi connectivity index (χ1) is 6.69. The molecule has 0 bridgehead atoms. The molecule has 1 N–H and O–H groups in total. The van der Waals surface area contributed by atoms with Crippen molar-refractivity contribution in [1.82, 2.24) is 5.32 Å². The minimum atomic E-state index is 0.313. The lowest BCUT2D eigenvalue weighted by Gasteiger charge is -2.26. The third-order valence-corrected chi connectivity index (χ3v) is 2.70. The van der Waals surface area contributed by atoms with Crippen LogP contribution in [-0.4, -0.2) is 26.3 Å². The average Bonchev–Trinajstić information content (AvgIpc) is 2.22. The predicted octanol–water partition coefficient (Wildman–Crippen LogP) is 2.75. The van der Waals surface area contributed by atoms with E-state index < -0.39 is 0 Å². The Kier molecular flexibility index (Phi) is 7.81. The molecule has 2 unspecified atom stereocenters. The Morgan fingerprint density at radius 2 is 2.07 bits per heavy atom. The van der Waals surface area contributed by atoms with Crippen molar-refractivity contribution in [3.63, 3.8) is 0 Å². The van der Waals surface area contributed by atoms with Crippen LogP contribution in [-0.2, 0) is 4.74 Å². The Morgan fingerprint density at radius 1 is 1.43 bits per heavy atom. The second kappa shape index (κ2) is 8.01. The lowest BCUT2D eigenvalue weighted by molar-refractivity contribution is 0.0631. The van der Waals surface area contributed by atoms with Crippen LogP contribution in [0, 0.1) is 0 Å². The Hall–Kier alpha value is -0.340. The highest BCUT2D eigenvalue weighted by atomic mass is 16.5. The highest BCUT2D eigenvalue weighted by molar-refractivity contribution is 4.98. The van der Waals surface area contributed by atoms with Crippen molar-refractivity contribution in [2.45, 2.75) is 51.7 Å². The van der Waals surface area contributed by atoms with Crippen LogP contribution >= 0.6 is 0 Å². The fraction of sp³-hybridized carbons (Fsp3) is 0.833. The first-order valence-electron chi connectivity index (χ1n) is 5.56. The highest BCUT2D eigenvalue weighted by Crippen LogP contribution is 2.15. The molecule has 0 aliphatic rings. The minimum absolute atomic E-state index is 0.313. The largest absolute Gasteiger partial charge is 0.380 e. The molecule has 2 nitrogen and oxygen atoms in total. The molecule has 0 aromatic carbocycles. The zero-order valence-electron chi connectivity index (χ0n) is 10.1. The summed E-state index contributed by atoms with van der Waals surface area (Å²) >= 11 is 0. The standard InChI is InChI=1S/C12H25NO/c1-6-8-12(14-5)11(13-4)9-10(3)7-2/h11-13H,3,6-9H2,1-2,4-5H3. The van der Waals surface area contributed by atoms with E-state index in [9.17, 15) is 0 Å². The van der Waals surface area contributed by atoms with Gasteiger partial charge in [0.15, 0.2) is 0 Å². The van der Waals surface area contributed by atoms with Gasteiger partial charge in [-0.2, -0.15) is 0 Å². The molecule has 0 spiro atoms. The molecule has 0 amide bonds. The van der Waals surface area contributed by atoms with Crippen molar-refractivity contribution in [3.05, 3.63) is 12.2 Å². The van der Waals surface area contributed by atoms with Crippen LogP contribution in [0.15, 0.2) is 12.2 Å². The van der Waals surface area contributed by atoms with E-state index in [1.54, 1.807) is 7.11 Å². The molecule has 2 atom stereocenters. The average molecular weight is 199 g/mol. The van der Waals surface area contributed by atoms with Gasteiger partial charge in [-0.3, -0.25) is 0 Å². The molecule has 0 fully saturated rings. The topological polar surface area (TPSA) is 21.3 Å². The van der Waals surface area contributed by atoms with E-state index in [0.717, 1.165) is 25.7 Å². The first-order valence-corrected chi connectivity index (χ1v) is 5.56. The summed E-state index contributed by atoms with van der Waals surface area (Å²) in [5.41, 5.74) is 1.29. The van der Waals surface area contributed by atoms with Crippen LogP contribution in [0.4, 0.5) is 0 Å². The van der Waals surface area contributed by atoms with Gasteiger partial charge in [0, 0.05) is 13.2 Å². The van der Waals surface area contributed by atoms with Crippen molar-refractivity contribution in [3.8, 4) is 0 Å². The van der Waals surface area contributed by atoms with Gasteiger partial charge in [0.05, 0.1) is 6.10 Å². The number of nitrogens with one attached hydrogen (secondary N) is 1. The van der Waals surface area contributed by atoms with Crippen LogP contribution in [0.2, 0.25) is 0 Å². The fourth-order valence-electron chi connectivity index (χ4n) is 1.64. The van der Waals surface area contributed by atoms with E-state index in [1.165, 1.54) is 5.57 Å². The van der Waals surface area contributed by atoms with Gasteiger partial charge < -0.3 is 10.1 Å². The maximum atomic E-state index is 5.49. The van der Waals surface area contributed by atoms with E-state index in [4.69, 9.17) is 4.74 Å². The van der Waals surface area contributed by atoms with Crippen LogP contribution in [0.25, 0.3) is 0 Å². The summed E-state index contributed by atoms with van der Waals surface area (Å²) in [5.74, 6) is 0. The summed E-state index contributed by atoms with van der Waals surface area (Å²) < 4.78 is 5.49. The number of ether oxygens (including phenoxy) is 1. The van der Waals surface area contributed by atoms with Crippen molar-refractivity contribution >= 4 is 0 Å². The van der Waals surface area contributed by atoms with Gasteiger partial charge in [-0.15, -0.1) is 0 Å². The van der Waals surface area contributed by atoms with Gasteiger partial charge >= 0.3 is 0 Å². The van der Waals surface area contributed by atoms with Crippen LogP contribution in [0.5, 0.6) is 0 Å². The third kappa shape index (κ3) is 4.77. The molecule has 0 aliphatic heterocycles. The molecule has 14 heavy (non-hydrogen) atoms. The summed E-state index contributed by atoms with van der Waals surface area (Å²) in [6, 6.07) is 0.410. The third-order valence-electron chi connectivity index (χ3n) is 2.70. The smallest absolute Gasteiger partial charge is 0.0727 e. The molecule has 0 saturated carbocycles. The molecule has 0 aliphatic carbocycles. The van der Waals surface area contributed by atoms with Gasteiger partial charge in [0.2, 0.25) is 0 Å². The SMILES string of the molecule is C=C(CC)CC(NC)C(CCC)OC. The molecule has 0 radical (unpaired) electrons. The first kappa shape index (κ1) is 13.7. The second-order valence-electron chi connectivity index (χ2n) is 3.77. The zero-order chi connectivity index (χ0) is 11.0. The molecule has 0 rings (SSSR count). The Balaban J connectivity index is 4.13. The van der Waals surface area contributed by atoms with Gasteiger partial charge in [-0.25, -0.2) is 0 Å². The van der Waals surface area contributed by atoms with Crippen molar-refractivity contribution in [2.75, 3.05) is 14.2 Å². The minimum Gasteiger partial charge on any atom is -0.380 e. The molecular weight excluding hydrogens is 174 g/mol. The van der Waals surface area contributed by atoms with Crippen LogP contribution in [0.3, 0.4) is 0 Å². The molecule has 84 valence electrons. The van der Waals surface area contributed by atoms with Crippen molar-refractivity contribution < 1.29 is 4.74 Å². The second-order valence-corrected chi connectivity index (χ2v) is 3.77. The van der Waals surface area contributed by atoms with Crippen LogP contribution in [0.1, 0.15) is 39.5 Å². The summed E-state index contributed by atoms with van der Waals surface area (Å²) in [7, 11) is 3.79. The van der Waals surface area contributed by atoms with Gasteiger partial charge in [-0.1, -0.05) is 32.4 Å². The van der Waals surface area contributed by atoms with E-state index >= 15 is 0 Å². The maximum absolute atomic E-state index is 5.49. The predicted molar refractivity (Wildman–Crippen MR) is 62.6 cm³/mol. The van der Waals surface area contributed by atoms with Crippen molar-refractivity contribution in [2.24, 2.45) is 0 Å². The van der Waals surface area contributed by atoms with Gasteiger partial charge in [0.25, 0.3) is 0 Å². The van der Waals surface area contributed by atoms with E-state index in [1.807, 2.05) is 7.05 Å². The summed E-state index contributed by atoms with van der Waals surface area (Å²) in [5, 5.41) is 3.32. The van der Waals surface area contributed by atoms with Gasteiger partial charge in [0.1, 0.15) is 0 Å². The molecule has 0 heterocycles. The van der Waals surface area contributed by atoms with Crippen molar-refractivity contribution in [1.29, 1.82) is 0 Å². The number of rotatable bonds is 8. The molecular formula is C12H25NO. The maximum Gasteiger partial charge on any atom is 0.0727 e. The fourth-order valence-corrected chi connectivity index (χ4v) is 1.64. The molecule has 0 saturated heterocycles. The number of hydrogen-bond acceptors (Lipinski definition) is 2. The number of hydrogen-bond donors (Lipinski definition) is 1. The lowest BCUT2D eigenvalue weighted by atomic mass is 9.98. The van der Waals surface area contributed by atoms with E-state index in [0.29, 0.717) is 12.1 Å². The molecule has 2 heteroatoms. The Bertz CT molecular complexity index is 156. The molecule has 0 aromatic heterocycles.